The van der Waals surface area contributed by atoms with Gasteiger partial charge in [0.05, 0.1) is 13.2 Å². The van der Waals surface area contributed by atoms with E-state index < -0.39 is 34.7 Å². The Morgan fingerprint density at radius 1 is 1.24 bits per heavy atom. The third-order valence-electron chi connectivity index (χ3n) is 8.49. The van der Waals surface area contributed by atoms with Gasteiger partial charge in [-0.2, -0.15) is 0 Å². The van der Waals surface area contributed by atoms with Crippen molar-refractivity contribution >= 4 is 23.7 Å². The number of hydrogen-bond donors (Lipinski definition) is 2. The zero-order chi connectivity index (χ0) is 25.2. The van der Waals surface area contributed by atoms with Crippen LogP contribution in [0.25, 0.3) is 0 Å². The summed E-state index contributed by atoms with van der Waals surface area (Å²) >= 11 is 4.03. The highest BCUT2D eigenvalue weighted by Gasteiger charge is 2.71. The van der Waals surface area contributed by atoms with Gasteiger partial charge in [0.25, 0.3) is 0 Å². The summed E-state index contributed by atoms with van der Waals surface area (Å²) in [6.07, 6.45) is 5.77. The molecule has 0 aromatic carbocycles. The lowest BCUT2D eigenvalue weighted by atomic mass is 9.45. The summed E-state index contributed by atoms with van der Waals surface area (Å²) in [6, 6.07) is 0. The molecule has 33 heavy (non-hydrogen) atoms. The summed E-state index contributed by atoms with van der Waals surface area (Å²) in [6.45, 7) is 9.45. The van der Waals surface area contributed by atoms with Crippen molar-refractivity contribution in [2.75, 3.05) is 7.11 Å². The number of aliphatic hydroxyl groups excluding tert-OH is 1. The Kier molecular flexibility index (Phi) is 9.00. The van der Waals surface area contributed by atoms with E-state index in [-0.39, 0.29) is 35.8 Å². The van der Waals surface area contributed by atoms with E-state index in [1.165, 1.54) is 7.11 Å². The lowest BCUT2D eigenvalue weighted by Gasteiger charge is -2.62. The molecule has 0 saturated heterocycles. The predicted molar refractivity (Wildman–Crippen MR) is 129 cm³/mol. The molecule has 3 saturated carbocycles. The summed E-state index contributed by atoms with van der Waals surface area (Å²) in [5, 5.41) is 10.8. The van der Waals surface area contributed by atoms with Crippen LogP contribution in [0.5, 0.6) is 0 Å². The molecule has 0 aromatic heterocycles. The lowest BCUT2D eigenvalue weighted by molar-refractivity contribution is -0.201. The predicted octanol–water partition coefficient (Wildman–Crippen LogP) is 5.79. The van der Waals surface area contributed by atoms with Crippen molar-refractivity contribution in [2.45, 2.75) is 91.1 Å². The summed E-state index contributed by atoms with van der Waals surface area (Å²) < 4.78 is 35.9. The number of alkyl halides is 2. The van der Waals surface area contributed by atoms with Gasteiger partial charge in [-0.05, 0) is 55.9 Å². The molecule has 0 heterocycles. The quantitative estimate of drug-likeness (QED) is 0.294. The summed E-state index contributed by atoms with van der Waals surface area (Å²) in [4.78, 5) is 22.0. The zero-order valence-electron chi connectivity index (χ0n) is 20.7. The maximum Gasteiger partial charge on any atom is 0.305 e. The van der Waals surface area contributed by atoms with Crippen molar-refractivity contribution in [2.24, 2.45) is 28.6 Å². The van der Waals surface area contributed by atoms with Crippen LogP contribution < -0.4 is 0 Å². The number of aliphatic hydroxyl groups is 1. The Balaban J connectivity index is 0.000000421. The fourth-order valence-corrected chi connectivity index (χ4v) is 7.32. The van der Waals surface area contributed by atoms with Crippen molar-refractivity contribution in [1.82, 2.24) is 0 Å². The summed E-state index contributed by atoms with van der Waals surface area (Å²) in [7, 11) is 1.38. The molecule has 4 nitrogen and oxygen atoms in total. The van der Waals surface area contributed by atoms with Crippen LogP contribution in [0.15, 0.2) is 23.8 Å². The second-order valence-electron chi connectivity index (χ2n) is 9.81. The molecule has 4 aliphatic carbocycles. The molecule has 6 unspecified atom stereocenters. The molecule has 8 atom stereocenters. The van der Waals surface area contributed by atoms with Crippen LogP contribution in [0, 0.1) is 28.6 Å². The van der Waals surface area contributed by atoms with Gasteiger partial charge in [0.15, 0.2) is 10.8 Å². The SMILES string of the molecule is CC.CC12CC(O)[C@@]3(F)C(C[C@H](F)C4=CCC=CC43C)C1CCC2C(=O)S.CCC(=O)OC. The Labute approximate surface area is 202 Å². The van der Waals surface area contributed by atoms with Crippen LogP contribution >= 0.6 is 12.6 Å². The Morgan fingerprint density at radius 2 is 1.88 bits per heavy atom. The number of ether oxygens (including phenoxy) is 1. The van der Waals surface area contributed by atoms with Crippen molar-refractivity contribution in [1.29, 1.82) is 0 Å². The number of carbonyl (C=O) groups is 2. The molecule has 188 valence electrons. The first-order valence-electron chi connectivity index (χ1n) is 12.2. The summed E-state index contributed by atoms with van der Waals surface area (Å²) in [5.74, 6) is -1.13. The van der Waals surface area contributed by atoms with Gasteiger partial charge in [0.1, 0.15) is 6.17 Å². The second-order valence-corrected chi connectivity index (χ2v) is 10.2. The van der Waals surface area contributed by atoms with Gasteiger partial charge >= 0.3 is 5.97 Å². The maximum atomic E-state index is 16.6. The lowest BCUT2D eigenvalue weighted by Crippen LogP contribution is -2.68. The number of methoxy groups -OCH3 is 1. The van der Waals surface area contributed by atoms with Crippen LogP contribution in [0.1, 0.15) is 73.1 Å². The van der Waals surface area contributed by atoms with E-state index in [1.54, 1.807) is 26.0 Å². The fourth-order valence-electron chi connectivity index (χ4n) is 6.90. The van der Waals surface area contributed by atoms with Crippen molar-refractivity contribution in [3.05, 3.63) is 23.8 Å². The van der Waals surface area contributed by atoms with Gasteiger partial charge in [0.2, 0.25) is 0 Å². The Hall–Kier alpha value is -1.21. The number of halogens is 2. The molecule has 7 heteroatoms. The molecule has 0 radical (unpaired) electrons. The zero-order valence-corrected chi connectivity index (χ0v) is 21.6. The van der Waals surface area contributed by atoms with Crippen LogP contribution in [-0.2, 0) is 14.3 Å². The van der Waals surface area contributed by atoms with Crippen LogP contribution in [-0.4, -0.2) is 41.2 Å². The van der Waals surface area contributed by atoms with Gasteiger partial charge in [-0.1, -0.05) is 45.9 Å². The molecule has 4 rings (SSSR count). The number of rotatable bonds is 2. The highest BCUT2D eigenvalue weighted by Crippen LogP contribution is 2.69. The van der Waals surface area contributed by atoms with E-state index in [4.69, 9.17) is 0 Å². The normalized spacial score (nSPS) is 42.7. The number of esters is 1. The van der Waals surface area contributed by atoms with Crippen LogP contribution in [0.3, 0.4) is 0 Å². The average Bonchev–Trinajstić information content (AvgIpc) is 3.14. The minimum Gasteiger partial charge on any atom is -0.469 e. The van der Waals surface area contributed by atoms with Crippen molar-refractivity contribution in [3.8, 4) is 0 Å². The molecular weight excluding hydrogens is 446 g/mol. The Bertz CT molecular complexity index is 793. The first-order valence-corrected chi connectivity index (χ1v) is 12.6. The van der Waals surface area contributed by atoms with E-state index in [2.05, 4.69) is 17.4 Å². The first kappa shape index (κ1) is 28.0. The van der Waals surface area contributed by atoms with E-state index in [1.807, 2.05) is 26.8 Å². The number of hydrogen-bond acceptors (Lipinski definition) is 4. The van der Waals surface area contributed by atoms with Crippen LogP contribution in [0.4, 0.5) is 8.78 Å². The van der Waals surface area contributed by atoms with Gasteiger partial charge in [-0.3, -0.25) is 9.59 Å². The van der Waals surface area contributed by atoms with Crippen molar-refractivity contribution < 1.29 is 28.2 Å². The van der Waals surface area contributed by atoms with Crippen molar-refractivity contribution in [3.63, 3.8) is 0 Å². The standard InChI is InChI=1S/C20H26F2O2S.C4H8O2.C2H6/c1-18-10-16(23)20(22)14(11(18)6-7-13(18)17(24)25)9-15(21)12-5-3-4-8-19(12,20)2;1-3-4(5)6-2;1-2/h4-5,8,11,13-16,23H,3,6-7,9-10H2,1-2H3,(H,24,25);3H2,1-2H3;1-2H3/t11?,13?,14?,15-,16?,18?,19?,20-;;/m0../s1. The highest BCUT2D eigenvalue weighted by atomic mass is 32.1. The summed E-state index contributed by atoms with van der Waals surface area (Å²) in [5.41, 5.74) is -3.03. The third-order valence-corrected chi connectivity index (χ3v) is 8.80. The topological polar surface area (TPSA) is 63.6 Å². The number of carbonyl (C=O) groups excluding carboxylic acids is 2. The smallest absolute Gasteiger partial charge is 0.305 e. The molecule has 0 aromatic rings. The molecule has 1 N–H and O–H groups in total. The third kappa shape index (κ3) is 4.44. The maximum absolute atomic E-state index is 16.6. The average molecular weight is 487 g/mol. The number of fused-ring (bicyclic) bond motifs is 5. The number of allylic oxidation sites excluding steroid dienone is 4. The monoisotopic (exact) mass is 486 g/mol. The second kappa shape index (κ2) is 10.6. The largest absolute Gasteiger partial charge is 0.469 e. The minimum absolute atomic E-state index is 0.0938. The van der Waals surface area contributed by atoms with Gasteiger partial charge < -0.3 is 9.84 Å². The first-order chi connectivity index (χ1) is 15.5. The molecule has 0 amide bonds. The van der Waals surface area contributed by atoms with E-state index in [0.29, 0.717) is 31.3 Å². The van der Waals surface area contributed by atoms with E-state index in [9.17, 15) is 14.7 Å². The highest BCUT2D eigenvalue weighted by molar-refractivity contribution is 7.96. The van der Waals surface area contributed by atoms with Gasteiger partial charge in [-0.25, -0.2) is 8.78 Å². The molecule has 4 aliphatic rings. The minimum atomic E-state index is -1.89. The van der Waals surface area contributed by atoms with Crippen LogP contribution in [0.2, 0.25) is 0 Å². The molecular formula is C26H40F2O4S. The fraction of sp³-hybridized carbons (Fsp3) is 0.769. The van der Waals surface area contributed by atoms with E-state index >= 15 is 8.78 Å². The molecule has 0 bridgehead atoms. The van der Waals surface area contributed by atoms with Gasteiger partial charge in [0, 0.05) is 23.7 Å². The molecule has 0 aliphatic heterocycles. The molecule has 3 fully saturated rings. The molecule has 0 spiro atoms. The van der Waals surface area contributed by atoms with E-state index in [0.717, 1.165) is 0 Å². The Morgan fingerprint density at radius 3 is 2.39 bits per heavy atom. The van der Waals surface area contributed by atoms with Gasteiger partial charge in [-0.15, -0.1) is 12.6 Å². The number of thiol groups is 1.